The van der Waals surface area contributed by atoms with Crippen molar-refractivity contribution in [3.63, 3.8) is 0 Å². The average Bonchev–Trinajstić information content (AvgIpc) is 2.65. The topological polar surface area (TPSA) is 53.3 Å². The molecule has 2 rings (SSSR count). The van der Waals surface area contributed by atoms with E-state index in [1.807, 2.05) is 6.07 Å². The molecule has 0 aliphatic heterocycles. The van der Waals surface area contributed by atoms with Crippen molar-refractivity contribution in [2.24, 2.45) is 0 Å². The molecule has 0 unspecified atom stereocenters. The zero-order chi connectivity index (χ0) is 19.9. The summed E-state index contributed by atoms with van der Waals surface area (Å²) in [5.41, 5.74) is 1.79. The number of nitrogens with zero attached hydrogens (tertiary/aromatic N) is 2. The molecule has 142 valence electrons. The van der Waals surface area contributed by atoms with Crippen molar-refractivity contribution in [3.05, 3.63) is 65.2 Å². The number of methoxy groups -OCH3 is 1. The van der Waals surface area contributed by atoms with Gasteiger partial charge in [0.25, 0.3) is 0 Å². The number of carbonyl (C=O) groups is 1. The maximum absolute atomic E-state index is 12.9. The third-order valence-corrected chi connectivity index (χ3v) is 3.97. The molecule has 2 aromatic rings. The molecule has 7 heteroatoms. The Balaban J connectivity index is 2.04. The van der Waals surface area contributed by atoms with Gasteiger partial charge >= 0.3 is 6.18 Å². The minimum Gasteiger partial charge on any atom is -0.497 e. The van der Waals surface area contributed by atoms with Gasteiger partial charge < -0.3 is 9.64 Å². The standard InChI is InChI=1S/C20H19F3N2O2/c1-27-18-9-6-15(7-10-18)8-11-19(26)25(14-20(21,22)23)13-17-4-2-16(12-24)3-5-17/h2-7,9-10H,8,11,13-14H2,1H3. The van der Waals surface area contributed by atoms with E-state index in [1.54, 1.807) is 36.4 Å². The summed E-state index contributed by atoms with van der Waals surface area (Å²) in [6.45, 7) is -1.47. The Kier molecular flexibility index (Phi) is 6.83. The quantitative estimate of drug-likeness (QED) is 0.731. The summed E-state index contributed by atoms with van der Waals surface area (Å²) in [7, 11) is 1.54. The lowest BCUT2D eigenvalue weighted by molar-refractivity contribution is -0.162. The number of rotatable bonds is 7. The molecular formula is C20H19F3N2O2. The molecule has 0 saturated heterocycles. The fraction of sp³-hybridized carbons (Fsp3) is 0.300. The third kappa shape index (κ3) is 6.66. The number of aryl methyl sites for hydroxylation is 1. The lowest BCUT2D eigenvalue weighted by Crippen LogP contribution is -2.38. The highest BCUT2D eigenvalue weighted by Gasteiger charge is 2.32. The van der Waals surface area contributed by atoms with Gasteiger partial charge in [0.15, 0.2) is 0 Å². The summed E-state index contributed by atoms with van der Waals surface area (Å²) in [6, 6.07) is 15.1. The molecule has 0 aliphatic carbocycles. The van der Waals surface area contributed by atoms with Crippen molar-refractivity contribution in [1.82, 2.24) is 4.90 Å². The largest absolute Gasteiger partial charge is 0.497 e. The summed E-state index contributed by atoms with van der Waals surface area (Å²) in [6.07, 6.45) is -4.17. The Bertz CT molecular complexity index is 794. The predicted molar refractivity (Wildman–Crippen MR) is 93.9 cm³/mol. The van der Waals surface area contributed by atoms with Gasteiger partial charge in [0.1, 0.15) is 12.3 Å². The first-order valence-corrected chi connectivity index (χ1v) is 8.27. The molecule has 0 bridgehead atoms. The van der Waals surface area contributed by atoms with Crippen molar-refractivity contribution in [1.29, 1.82) is 5.26 Å². The minimum atomic E-state index is -4.48. The van der Waals surface area contributed by atoms with E-state index in [-0.39, 0.29) is 13.0 Å². The van der Waals surface area contributed by atoms with Crippen LogP contribution >= 0.6 is 0 Å². The smallest absolute Gasteiger partial charge is 0.406 e. The van der Waals surface area contributed by atoms with Gasteiger partial charge in [-0.05, 0) is 41.8 Å². The highest BCUT2D eigenvalue weighted by Crippen LogP contribution is 2.20. The van der Waals surface area contributed by atoms with E-state index in [2.05, 4.69) is 0 Å². The van der Waals surface area contributed by atoms with Crippen LogP contribution in [0.1, 0.15) is 23.1 Å². The second kappa shape index (κ2) is 9.08. The van der Waals surface area contributed by atoms with Gasteiger partial charge in [0, 0.05) is 13.0 Å². The van der Waals surface area contributed by atoms with E-state index in [4.69, 9.17) is 10.00 Å². The Morgan fingerprint density at radius 2 is 1.67 bits per heavy atom. The molecule has 1 amide bonds. The molecule has 0 aliphatic rings. The SMILES string of the molecule is COc1ccc(CCC(=O)N(Cc2ccc(C#N)cc2)CC(F)(F)F)cc1. The molecule has 0 saturated carbocycles. The molecule has 0 atom stereocenters. The van der Waals surface area contributed by atoms with Crippen LogP contribution in [0.2, 0.25) is 0 Å². The number of benzene rings is 2. The number of alkyl halides is 3. The summed E-state index contributed by atoms with van der Waals surface area (Å²) >= 11 is 0. The van der Waals surface area contributed by atoms with Gasteiger partial charge in [0.2, 0.25) is 5.91 Å². The van der Waals surface area contributed by atoms with E-state index in [1.165, 1.54) is 19.2 Å². The van der Waals surface area contributed by atoms with Crippen LogP contribution in [-0.2, 0) is 17.8 Å². The fourth-order valence-corrected chi connectivity index (χ4v) is 2.56. The summed E-state index contributed by atoms with van der Waals surface area (Å²) < 4.78 is 43.7. The zero-order valence-corrected chi connectivity index (χ0v) is 14.8. The number of hydrogen-bond acceptors (Lipinski definition) is 3. The van der Waals surface area contributed by atoms with Crippen molar-refractivity contribution in [2.75, 3.05) is 13.7 Å². The van der Waals surface area contributed by atoms with Gasteiger partial charge in [-0.25, -0.2) is 0 Å². The van der Waals surface area contributed by atoms with Crippen LogP contribution in [0.15, 0.2) is 48.5 Å². The van der Waals surface area contributed by atoms with Crippen molar-refractivity contribution < 1.29 is 22.7 Å². The Hall–Kier alpha value is -3.01. The number of ether oxygens (including phenoxy) is 1. The number of nitriles is 1. The molecule has 0 fully saturated rings. The number of hydrogen-bond donors (Lipinski definition) is 0. The Labute approximate surface area is 155 Å². The molecule has 0 radical (unpaired) electrons. The van der Waals surface area contributed by atoms with Crippen LogP contribution in [0.25, 0.3) is 0 Å². The summed E-state index contributed by atoms with van der Waals surface area (Å²) in [5, 5.41) is 8.79. The molecule has 27 heavy (non-hydrogen) atoms. The normalized spacial score (nSPS) is 10.9. The number of amides is 1. The Morgan fingerprint density at radius 1 is 1.07 bits per heavy atom. The van der Waals surface area contributed by atoms with Crippen molar-refractivity contribution >= 4 is 5.91 Å². The number of carbonyl (C=O) groups excluding carboxylic acids is 1. The maximum Gasteiger partial charge on any atom is 0.406 e. The summed E-state index contributed by atoms with van der Waals surface area (Å²) in [5.74, 6) is 0.0945. The van der Waals surface area contributed by atoms with E-state index in [9.17, 15) is 18.0 Å². The minimum absolute atomic E-state index is 0.0291. The van der Waals surface area contributed by atoms with Gasteiger partial charge in [-0.15, -0.1) is 0 Å². The van der Waals surface area contributed by atoms with Crippen LogP contribution in [0.4, 0.5) is 13.2 Å². The highest BCUT2D eigenvalue weighted by molar-refractivity contribution is 5.76. The average molecular weight is 376 g/mol. The molecule has 0 N–H and O–H groups in total. The van der Waals surface area contributed by atoms with Crippen molar-refractivity contribution in [3.8, 4) is 11.8 Å². The third-order valence-electron chi connectivity index (χ3n) is 3.97. The van der Waals surface area contributed by atoms with E-state index in [0.717, 1.165) is 10.5 Å². The molecule has 2 aromatic carbocycles. The lowest BCUT2D eigenvalue weighted by Gasteiger charge is -2.24. The van der Waals surface area contributed by atoms with Crippen LogP contribution in [-0.4, -0.2) is 30.6 Å². The first kappa shape index (κ1) is 20.3. The molecule has 0 aromatic heterocycles. The Morgan fingerprint density at radius 3 is 2.19 bits per heavy atom. The van der Waals surface area contributed by atoms with Gasteiger partial charge in [-0.3, -0.25) is 4.79 Å². The lowest BCUT2D eigenvalue weighted by atomic mass is 10.1. The molecule has 0 spiro atoms. The van der Waals surface area contributed by atoms with Crippen molar-refractivity contribution in [2.45, 2.75) is 25.6 Å². The van der Waals surface area contributed by atoms with E-state index < -0.39 is 18.6 Å². The van der Waals surface area contributed by atoms with Gasteiger partial charge in [-0.1, -0.05) is 24.3 Å². The van der Waals surface area contributed by atoms with Crippen LogP contribution in [0.5, 0.6) is 5.75 Å². The maximum atomic E-state index is 12.9. The fourth-order valence-electron chi connectivity index (χ4n) is 2.56. The van der Waals surface area contributed by atoms with Gasteiger partial charge in [0.05, 0.1) is 18.7 Å². The van der Waals surface area contributed by atoms with Crippen LogP contribution in [0, 0.1) is 11.3 Å². The number of halogens is 3. The predicted octanol–water partition coefficient (Wildman–Crippen LogP) is 4.09. The van der Waals surface area contributed by atoms with Crippen LogP contribution < -0.4 is 4.74 Å². The molecular weight excluding hydrogens is 357 g/mol. The highest BCUT2D eigenvalue weighted by atomic mass is 19.4. The second-order valence-electron chi connectivity index (χ2n) is 6.02. The first-order chi connectivity index (χ1) is 12.8. The molecule has 0 heterocycles. The van der Waals surface area contributed by atoms with Gasteiger partial charge in [-0.2, -0.15) is 18.4 Å². The monoisotopic (exact) mass is 376 g/mol. The zero-order valence-electron chi connectivity index (χ0n) is 14.8. The van der Waals surface area contributed by atoms with E-state index >= 15 is 0 Å². The summed E-state index contributed by atoms with van der Waals surface area (Å²) in [4.78, 5) is 13.2. The first-order valence-electron chi connectivity index (χ1n) is 8.27. The van der Waals surface area contributed by atoms with Crippen LogP contribution in [0.3, 0.4) is 0 Å². The second-order valence-corrected chi connectivity index (χ2v) is 6.02. The van der Waals surface area contributed by atoms with E-state index in [0.29, 0.717) is 23.3 Å². The molecule has 4 nitrogen and oxygen atoms in total.